The summed E-state index contributed by atoms with van der Waals surface area (Å²) < 4.78 is 39.5. The van der Waals surface area contributed by atoms with Crippen LogP contribution in [0, 0.1) is 18.2 Å². The fourth-order valence-electron chi connectivity index (χ4n) is 2.60. The number of hydrogen-bond donors (Lipinski definition) is 2. The second-order valence-corrected chi connectivity index (χ2v) is 7.07. The number of aromatic nitrogens is 2. The van der Waals surface area contributed by atoms with E-state index in [0.717, 1.165) is 18.2 Å². The lowest BCUT2D eigenvalue weighted by molar-refractivity contribution is 0.0895. The van der Waals surface area contributed by atoms with Crippen molar-refractivity contribution in [3.8, 4) is 0 Å². The molecular formula is C18H20F3N3O2. The minimum absolute atomic E-state index is 0.0785. The molecule has 0 fully saturated rings. The first-order valence-corrected chi connectivity index (χ1v) is 7.95. The van der Waals surface area contributed by atoms with Crippen molar-refractivity contribution < 1.29 is 18.0 Å². The average Bonchev–Trinajstić information content (AvgIpc) is 2.49. The van der Waals surface area contributed by atoms with Gasteiger partial charge in [0.2, 0.25) is 0 Å². The number of aromatic amines is 1. The molecule has 0 spiro atoms. The molecule has 0 saturated heterocycles. The van der Waals surface area contributed by atoms with Gasteiger partial charge in [-0.3, -0.25) is 9.59 Å². The fraction of sp³-hybridized carbons (Fsp3) is 0.389. The Kier molecular flexibility index (Phi) is 5.53. The minimum Gasteiger partial charge on any atom is -0.343 e. The summed E-state index contributed by atoms with van der Waals surface area (Å²) >= 11 is 0. The molecule has 8 heteroatoms. The van der Waals surface area contributed by atoms with Gasteiger partial charge in [-0.2, -0.15) is 0 Å². The molecule has 2 N–H and O–H groups in total. The van der Waals surface area contributed by atoms with Gasteiger partial charge < -0.3 is 10.3 Å². The summed E-state index contributed by atoms with van der Waals surface area (Å²) in [6, 6.07) is 3.74. The number of nitrogens with zero attached hydrogens (tertiary/aromatic N) is 1. The van der Waals surface area contributed by atoms with Gasteiger partial charge in [-0.25, -0.2) is 18.2 Å². The van der Waals surface area contributed by atoms with Crippen LogP contribution in [0.15, 0.2) is 29.1 Å². The molecular weight excluding hydrogens is 347 g/mol. The highest BCUT2D eigenvalue weighted by Gasteiger charge is 2.30. The molecule has 0 aliphatic heterocycles. The van der Waals surface area contributed by atoms with Crippen LogP contribution in [0.3, 0.4) is 0 Å². The first-order valence-electron chi connectivity index (χ1n) is 7.95. The van der Waals surface area contributed by atoms with Crippen molar-refractivity contribution in [2.45, 2.75) is 40.2 Å². The Balaban J connectivity index is 2.38. The van der Waals surface area contributed by atoms with E-state index in [4.69, 9.17) is 0 Å². The van der Waals surface area contributed by atoms with Crippen molar-refractivity contribution in [1.82, 2.24) is 15.3 Å². The molecule has 5 nitrogen and oxygen atoms in total. The lowest BCUT2D eigenvalue weighted by Crippen LogP contribution is -2.37. The van der Waals surface area contributed by atoms with E-state index in [1.807, 2.05) is 20.8 Å². The van der Waals surface area contributed by atoms with Crippen molar-refractivity contribution in [1.29, 1.82) is 0 Å². The van der Waals surface area contributed by atoms with Gasteiger partial charge in [0.15, 0.2) is 0 Å². The first-order chi connectivity index (χ1) is 12.0. The summed E-state index contributed by atoms with van der Waals surface area (Å²) in [6.45, 7) is 6.98. The normalized spacial score (nSPS) is 12.9. The van der Waals surface area contributed by atoms with E-state index in [1.54, 1.807) is 0 Å². The molecule has 1 aromatic carbocycles. The molecule has 2 aromatic rings. The minimum atomic E-state index is -2.92. The second-order valence-electron chi connectivity index (χ2n) is 7.07. The largest absolute Gasteiger partial charge is 0.343 e. The number of hydrogen-bond acceptors (Lipinski definition) is 3. The molecule has 0 bridgehead atoms. The SMILES string of the molecule is Cc1nc(C(=O)N[C@@H](c2ccc(C(F)F)c(F)c2)C(C)(C)C)cc(=O)[nH]1. The molecule has 0 aliphatic carbocycles. The van der Waals surface area contributed by atoms with E-state index in [1.165, 1.54) is 13.0 Å². The van der Waals surface area contributed by atoms with Crippen LogP contribution < -0.4 is 10.9 Å². The van der Waals surface area contributed by atoms with Gasteiger partial charge in [-0.05, 0) is 24.0 Å². The van der Waals surface area contributed by atoms with Gasteiger partial charge in [-0.1, -0.05) is 32.9 Å². The van der Waals surface area contributed by atoms with Crippen LogP contribution in [0.4, 0.5) is 13.2 Å². The Bertz CT molecular complexity index is 873. The van der Waals surface area contributed by atoms with E-state index < -0.39 is 40.7 Å². The number of alkyl halides is 2. The van der Waals surface area contributed by atoms with Crippen LogP contribution in [0.5, 0.6) is 0 Å². The van der Waals surface area contributed by atoms with Gasteiger partial charge in [0.25, 0.3) is 17.9 Å². The Morgan fingerprint density at radius 2 is 1.88 bits per heavy atom. The maximum atomic E-state index is 14.0. The Hall–Kier alpha value is -2.64. The number of halogens is 3. The third-order valence-corrected chi connectivity index (χ3v) is 3.83. The number of carbonyl (C=O) groups is 1. The quantitative estimate of drug-likeness (QED) is 0.866. The monoisotopic (exact) mass is 367 g/mol. The Morgan fingerprint density at radius 1 is 1.23 bits per heavy atom. The highest BCUT2D eigenvalue weighted by atomic mass is 19.3. The smallest absolute Gasteiger partial charge is 0.270 e. The van der Waals surface area contributed by atoms with E-state index in [0.29, 0.717) is 5.56 Å². The fourth-order valence-corrected chi connectivity index (χ4v) is 2.60. The van der Waals surface area contributed by atoms with Gasteiger partial charge in [0, 0.05) is 6.07 Å². The Labute approximate surface area is 148 Å². The van der Waals surface area contributed by atoms with Crippen LogP contribution in [0.25, 0.3) is 0 Å². The standard InChI is InChI=1S/C18H20F3N3O2/c1-9-22-13(8-14(25)23-9)17(26)24-15(18(2,3)4)10-5-6-11(16(20)21)12(19)7-10/h5-8,15-16H,1-4H3,(H,24,26)(H,22,23,25)/t15-/m0/s1. The molecule has 0 unspecified atom stereocenters. The second kappa shape index (κ2) is 7.31. The molecule has 1 aromatic heterocycles. The lowest BCUT2D eigenvalue weighted by Gasteiger charge is -2.32. The number of H-pyrrole nitrogens is 1. The van der Waals surface area contributed by atoms with E-state index in [9.17, 15) is 22.8 Å². The van der Waals surface area contributed by atoms with Gasteiger partial charge in [0.05, 0.1) is 11.6 Å². The van der Waals surface area contributed by atoms with Crippen molar-refractivity contribution in [2.24, 2.45) is 5.41 Å². The summed E-state index contributed by atoms with van der Waals surface area (Å²) in [7, 11) is 0. The van der Waals surface area contributed by atoms with Crippen LogP contribution in [0.2, 0.25) is 0 Å². The Morgan fingerprint density at radius 3 is 2.38 bits per heavy atom. The van der Waals surface area contributed by atoms with Crippen LogP contribution in [-0.2, 0) is 0 Å². The molecule has 0 radical (unpaired) electrons. The molecule has 1 heterocycles. The summed E-state index contributed by atoms with van der Waals surface area (Å²) in [5.41, 5.74) is -1.45. The zero-order valence-corrected chi connectivity index (χ0v) is 14.9. The predicted molar refractivity (Wildman–Crippen MR) is 90.6 cm³/mol. The van der Waals surface area contributed by atoms with Crippen molar-refractivity contribution >= 4 is 5.91 Å². The number of amides is 1. The summed E-state index contributed by atoms with van der Waals surface area (Å²) in [5.74, 6) is -1.37. The van der Waals surface area contributed by atoms with Crippen molar-refractivity contribution in [3.63, 3.8) is 0 Å². The van der Waals surface area contributed by atoms with Gasteiger partial charge in [-0.15, -0.1) is 0 Å². The summed E-state index contributed by atoms with van der Waals surface area (Å²) in [6.07, 6.45) is -2.92. The number of nitrogens with one attached hydrogen (secondary N) is 2. The van der Waals surface area contributed by atoms with E-state index in [2.05, 4.69) is 15.3 Å². The molecule has 1 amide bonds. The van der Waals surface area contributed by atoms with E-state index >= 15 is 0 Å². The van der Waals surface area contributed by atoms with Crippen molar-refractivity contribution in [2.75, 3.05) is 0 Å². The topological polar surface area (TPSA) is 74.8 Å². The van der Waals surface area contributed by atoms with E-state index in [-0.39, 0.29) is 11.5 Å². The zero-order valence-electron chi connectivity index (χ0n) is 14.9. The third kappa shape index (κ3) is 4.50. The first kappa shape index (κ1) is 19.7. The van der Waals surface area contributed by atoms with Crippen LogP contribution >= 0.6 is 0 Å². The molecule has 1 atom stereocenters. The third-order valence-electron chi connectivity index (χ3n) is 3.83. The highest BCUT2D eigenvalue weighted by molar-refractivity contribution is 5.92. The lowest BCUT2D eigenvalue weighted by atomic mass is 9.82. The maximum Gasteiger partial charge on any atom is 0.270 e. The number of carbonyl (C=O) groups excluding carboxylic acids is 1. The summed E-state index contributed by atoms with van der Waals surface area (Å²) in [5, 5.41) is 2.71. The predicted octanol–water partition coefficient (Wildman–Crippen LogP) is 3.67. The van der Waals surface area contributed by atoms with Crippen LogP contribution in [-0.4, -0.2) is 15.9 Å². The van der Waals surface area contributed by atoms with Gasteiger partial charge >= 0.3 is 0 Å². The zero-order chi connectivity index (χ0) is 19.6. The molecule has 0 aliphatic rings. The molecule has 26 heavy (non-hydrogen) atoms. The van der Waals surface area contributed by atoms with Gasteiger partial charge in [0.1, 0.15) is 17.3 Å². The molecule has 140 valence electrons. The van der Waals surface area contributed by atoms with Crippen LogP contribution in [0.1, 0.15) is 60.7 Å². The molecule has 0 saturated carbocycles. The van der Waals surface area contributed by atoms with Crippen molar-refractivity contribution in [3.05, 3.63) is 63.1 Å². The number of rotatable bonds is 4. The summed E-state index contributed by atoms with van der Waals surface area (Å²) in [4.78, 5) is 30.4. The number of benzene rings is 1. The average molecular weight is 367 g/mol. The highest BCUT2D eigenvalue weighted by Crippen LogP contribution is 2.34. The maximum absolute atomic E-state index is 14.0. The number of aryl methyl sites for hydroxylation is 1. The molecule has 2 rings (SSSR count).